The van der Waals surface area contributed by atoms with Gasteiger partial charge in [-0.25, -0.2) is 14.7 Å². The topological polar surface area (TPSA) is 137 Å². The fourth-order valence-electron chi connectivity index (χ4n) is 5.85. The van der Waals surface area contributed by atoms with Gasteiger partial charge in [0.15, 0.2) is 0 Å². The molecule has 0 aliphatic carbocycles. The van der Waals surface area contributed by atoms with Gasteiger partial charge in [0.2, 0.25) is 11.8 Å². The van der Waals surface area contributed by atoms with Crippen molar-refractivity contribution in [2.45, 2.75) is 64.3 Å². The molecule has 4 aromatic carbocycles. The number of hydrogen-bond acceptors (Lipinski definition) is 7. The number of amides is 3. The monoisotopic (exact) mass is 675 g/mol. The molecule has 0 aliphatic rings. The zero-order valence-electron chi connectivity index (χ0n) is 28.7. The molecule has 1 heterocycles. The van der Waals surface area contributed by atoms with Crippen LogP contribution >= 0.6 is 0 Å². The van der Waals surface area contributed by atoms with Crippen LogP contribution in [0, 0.1) is 5.92 Å². The third-order valence-electron chi connectivity index (χ3n) is 8.16. The zero-order valence-corrected chi connectivity index (χ0v) is 28.7. The number of imide groups is 1. The normalized spacial score (nSPS) is 13.3. The van der Waals surface area contributed by atoms with Crippen LogP contribution in [0.5, 0.6) is 0 Å². The minimum Gasteiger partial charge on any atom is -0.444 e. The third kappa shape index (κ3) is 10.3. The van der Waals surface area contributed by atoms with Gasteiger partial charge in [-0.3, -0.25) is 9.59 Å². The number of hydrogen-bond donors (Lipinski definition) is 4. The van der Waals surface area contributed by atoms with Crippen LogP contribution in [-0.4, -0.2) is 57.3 Å². The van der Waals surface area contributed by atoms with E-state index in [0.717, 1.165) is 22.2 Å². The Morgan fingerprint density at radius 1 is 0.820 bits per heavy atom. The van der Waals surface area contributed by atoms with E-state index in [1.807, 2.05) is 91.0 Å². The summed E-state index contributed by atoms with van der Waals surface area (Å²) in [5.41, 5.74) is 3.17. The molecule has 0 spiro atoms. The highest BCUT2D eigenvalue weighted by atomic mass is 16.6. The number of alkyl carbamates (subject to hydrolysis) is 1. The molecule has 3 amide bonds. The van der Waals surface area contributed by atoms with Crippen molar-refractivity contribution in [3.63, 3.8) is 0 Å². The summed E-state index contributed by atoms with van der Waals surface area (Å²) in [6.45, 7) is 5.47. The first kappa shape index (κ1) is 36.0. The predicted octanol–water partition coefficient (Wildman–Crippen LogP) is 5.96. The van der Waals surface area contributed by atoms with Crippen molar-refractivity contribution >= 4 is 34.6 Å². The molecular weight excluding hydrogens is 630 g/mol. The molecular formula is C40H45N5O5. The van der Waals surface area contributed by atoms with Gasteiger partial charge in [0.25, 0.3) is 0 Å². The number of rotatable bonds is 14. The molecule has 3 atom stereocenters. The third-order valence-corrected chi connectivity index (χ3v) is 8.16. The Kier molecular flexibility index (Phi) is 12.1. The van der Waals surface area contributed by atoms with Gasteiger partial charge in [-0.05, 0) is 75.4 Å². The number of anilines is 1. The lowest BCUT2D eigenvalue weighted by atomic mass is 9.88. The Bertz CT molecular complexity index is 1810. The quantitative estimate of drug-likeness (QED) is 0.114. The summed E-state index contributed by atoms with van der Waals surface area (Å²) in [5, 5.41) is 17.8. The van der Waals surface area contributed by atoms with Gasteiger partial charge in [0, 0.05) is 5.92 Å². The Hall–Kier alpha value is -5.32. The number of carbonyl (C=O) groups excluding carboxylic acids is 3. The second kappa shape index (κ2) is 16.9. The standard InChI is InChI=1S/C40H45N5O5/c1-40(2,3)50-39(49)44-34(24-29-17-9-5-10-18-29)35(46)25-30(23-28-15-7-4-8-16-28)38(48)45(31-19-11-6-12-20-31)37(47)27-41-26-36-42-32-21-13-14-22-33(32)43-36/h4-22,30,34-35,41,46H,23-27H2,1-3H3,(H,42,43)(H,44,49)/t30-,34+,35+/m1/s1. The second-order valence-electron chi connectivity index (χ2n) is 13.3. The van der Waals surface area contributed by atoms with Crippen LogP contribution in [0.4, 0.5) is 10.5 Å². The summed E-state index contributed by atoms with van der Waals surface area (Å²) in [5.74, 6) is -1.04. The minimum absolute atomic E-state index is 0.0238. The first-order valence-corrected chi connectivity index (χ1v) is 16.9. The van der Waals surface area contributed by atoms with E-state index >= 15 is 0 Å². The smallest absolute Gasteiger partial charge is 0.407 e. The summed E-state index contributed by atoms with van der Waals surface area (Å²) in [6, 6.07) is 34.7. The number of aliphatic hydroxyl groups excluding tert-OH is 1. The van der Waals surface area contributed by atoms with Gasteiger partial charge in [-0.2, -0.15) is 0 Å². The first-order valence-electron chi connectivity index (χ1n) is 16.9. The Morgan fingerprint density at radius 3 is 2.02 bits per heavy atom. The Balaban J connectivity index is 1.39. The number of nitrogens with zero attached hydrogens (tertiary/aromatic N) is 2. The number of H-pyrrole nitrogens is 1. The van der Waals surface area contributed by atoms with E-state index in [2.05, 4.69) is 20.6 Å². The highest BCUT2D eigenvalue weighted by Crippen LogP contribution is 2.25. The highest BCUT2D eigenvalue weighted by Gasteiger charge is 2.34. The largest absolute Gasteiger partial charge is 0.444 e. The van der Waals surface area contributed by atoms with E-state index in [9.17, 15) is 19.5 Å². The number of aromatic nitrogens is 2. The predicted molar refractivity (Wildman–Crippen MR) is 194 cm³/mol. The summed E-state index contributed by atoms with van der Waals surface area (Å²) in [7, 11) is 0. The maximum absolute atomic E-state index is 14.6. The number of ether oxygens (including phenoxy) is 1. The molecule has 1 aromatic heterocycles. The molecule has 260 valence electrons. The lowest BCUT2D eigenvalue weighted by molar-refractivity contribution is -0.129. The first-order chi connectivity index (χ1) is 24.1. The van der Waals surface area contributed by atoms with Crippen LogP contribution in [0.25, 0.3) is 11.0 Å². The molecule has 0 fully saturated rings. The molecule has 5 aromatic rings. The molecule has 50 heavy (non-hydrogen) atoms. The van der Waals surface area contributed by atoms with Crippen LogP contribution < -0.4 is 15.5 Å². The number of imidazole rings is 1. The van der Waals surface area contributed by atoms with E-state index in [0.29, 0.717) is 24.5 Å². The van der Waals surface area contributed by atoms with Gasteiger partial charge in [0.05, 0.1) is 42.0 Å². The Labute approximate surface area is 292 Å². The minimum atomic E-state index is -1.15. The molecule has 5 rings (SSSR count). The number of carbonyl (C=O) groups is 3. The van der Waals surface area contributed by atoms with Gasteiger partial charge in [-0.1, -0.05) is 91.0 Å². The molecule has 0 bridgehead atoms. The fourth-order valence-corrected chi connectivity index (χ4v) is 5.85. The van der Waals surface area contributed by atoms with Crippen LogP contribution in [-0.2, 0) is 33.7 Å². The molecule has 0 unspecified atom stereocenters. The average Bonchev–Trinajstić information content (AvgIpc) is 3.51. The van der Waals surface area contributed by atoms with E-state index in [4.69, 9.17) is 4.74 Å². The summed E-state index contributed by atoms with van der Waals surface area (Å²) in [6.07, 6.45) is -1.27. The lowest BCUT2D eigenvalue weighted by Gasteiger charge is -2.31. The van der Waals surface area contributed by atoms with Crippen molar-refractivity contribution in [1.82, 2.24) is 20.6 Å². The van der Waals surface area contributed by atoms with E-state index < -0.39 is 41.6 Å². The summed E-state index contributed by atoms with van der Waals surface area (Å²) >= 11 is 0. The summed E-state index contributed by atoms with van der Waals surface area (Å²) < 4.78 is 5.52. The number of benzene rings is 4. The average molecular weight is 676 g/mol. The molecule has 10 heteroatoms. The molecule has 0 saturated heterocycles. The number of fused-ring (bicyclic) bond motifs is 1. The van der Waals surface area contributed by atoms with Crippen LogP contribution in [0.1, 0.15) is 44.1 Å². The maximum atomic E-state index is 14.6. The molecule has 0 aliphatic heterocycles. The number of aromatic amines is 1. The van der Waals surface area contributed by atoms with Crippen molar-refractivity contribution < 1.29 is 24.2 Å². The van der Waals surface area contributed by atoms with Gasteiger partial charge in [0.1, 0.15) is 11.4 Å². The van der Waals surface area contributed by atoms with E-state index in [1.54, 1.807) is 45.0 Å². The van der Waals surface area contributed by atoms with Crippen molar-refractivity contribution in [2.24, 2.45) is 5.92 Å². The van der Waals surface area contributed by atoms with E-state index in [-0.39, 0.29) is 19.4 Å². The number of para-hydroxylation sites is 3. The van der Waals surface area contributed by atoms with Crippen molar-refractivity contribution in [3.05, 3.63) is 132 Å². The Morgan fingerprint density at radius 2 is 1.40 bits per heavy atom. The maximum Gasteiger partial charge on any atom is 0.407 e. The molecule has 10 nitrogen and oxygen atoms in total. The fraction of sp³-hybridized carbons (Fsp3) is 0.300. The number of aliphatic hydroxyl groups is 1. The highest BCUT2D eigenvalue weighted by molar-refractivity contribution is 6.16. The van der Waals surface area contributed by atoms with Crippen LogP contribution in [0.15, 0.2) is 115 Å². The van der Waals surface area contributed by atoms with E-state index in [1.165, 1.54) is 4.90 Å². The molecule has 4 N–H and O–H groups in total. The van der Waals surface area contributed by atoms with Crippen molar-refractivity contribution in [3.8, 4) is 0 Å². The molecule has 0 radical (unpaired) electrons. The van der Waals surface area contributed by atoms with Crippen molar-refractivity contribution in [1.29, 1.82) is 0 Å². The summed E-state index contributed by atoms with van der Waals surface area (Å²) in [4.78, 5) is 50.5. The van der Waals surface area contributed by atoms with Crippen molar-refractivity contribution in [2.75, 3.05) is 11.4 Å². The van der Waals surface area contributed by atoms with Crippen LogP contribution in [0.3, 0.4) is 0 Å². The van der Waals surface area contributed by atoms with Gasteiger partial charge in [-0.15, -0.1) is 0 Å². The second-order valence-corrected chi connectivity index (χ2v) is 13.3. The number of nitrogens with one attached hydrogen (secondary N) is 3. The molecule has 0 saturated carbocycles. The van der Waals surface area contributed by atoms with Crippen LogP contribution in [0.2, 0.25) is 0 Å². The van der Waals surface area contributed by atoms with Gasteiger partial charge >= 0.3 is 6.09 Å². The lowest BCUT2D eigenvalue weighted by Crippen LogP contribution is -2.50. The SMILES string of the molecule is CC(C)(C)OC(=O)N[C@@H](Cc1ccccc1)[C@@H](O)C[C@@H](Cc1ccccc1)C(=O)N(C(=O)CNCc1nc2ccccc2[nH]1)c1ccccc1. The van der Waals surface area contributed by atoms with Gasteiger partial charge < -0.3 is 25.5 Å². The zero-order chi connectivity index (χ0) is 35.5.